The highest BCUT2D eigenvalue weighted by Gasteiger charge is 2.43. The molecule has 0 aromatic carbocycles. The van der Waals surface area contributed by atoms with Crippen LogP contribution in [0, 0.1) is 5.92 Å². The topological polar surface area (TPSA) is 50.1 Å². The first kappa shape index (κ1) is 16.7. The minimum Gasteiger partial charge on any atom is -0.449 e. The first-order chi connectivity index (χ1) is 12.0. The number of anilines is 1. The van der Waals surface area contributed by atoms with Gasteiger partial charge in [0.05, 0.1) is 29.9 Å². The van der Waals surface area contributed by atoms with Gasteiger partial charge in [-0.25, -0.2) is 9.31 Å². The second kappa shape index (κ2) is 6.52. The Morgan fingerprint density at radius 1 is 1.36 bits per heavy atom. The zero-order chi connectivity index (χ0) is 17.6. The highest BCUT2D eigenvalue weighted by atomic mass is 79.9. The average molecular weight is 407 g/mol. The fourth-order valence-corrected chi connectivity index (χ4v) is 4.36. The van der Waals surface area contributed by atoms with Crippen LogP contribution in [0.25, 0.3) is 5.52 Å². The van der Waals surface area contributed by atoms with Gasteiger partial charge in [-0.05, 0) is 46.8 Å². The number of halogens is 1. The number of nitrogens with zero attached hydrogens (tertiary/aromatic N) is 4. The molecule has 4 heterocycles. The van der Waals surface area contributed by atoms with Crippen LogP contribution in [0.5, 0.6) is 0 Å². The largest absolute Gasteiger partial charge is 0.449 e. The lowest BCUT2D eigenvalue weighted by molar-refractivity contribution is 0.0704. The van der Waals surface area contributed by atoms with Gasteiger partial charge in [-0.1, -0.05) is 13.8 Å². The number of fused-ring (bicyclic) bond motifs is 3. The molecule has 0 N–H and O–H groups in total. The van der Waals surface area contributed by atoms with E-state index in [2.05, 4.69) is 51.9 Å². The molecule has 25 heavy (non-hydrogen) atoms. The minimum atomic E-state index is -0.147. The summed E-state index contributed by atoms with van der Waals surface area (Å²) in [6.07, 6.45) is 5.74. The van der Waals surface area contributed by atoms with E-state index in [1.807, 2.05) is 21.8 Å². The smallest absolute Gasteiger partial charge is 0.410 e. The fraction of sp³-hybridized carbons (Fsp3) is 0.556. The van der Waals surface area contributed by atoms with Crippen LogP contribution in [0.1, 0.15) is 26.7 Å². The van der Waals surface area contributed by atoms with E-state index in [1.165, 1.54) is 5.69 Å². The quantitative estimate of drug-likeness (QED) is 0.781. The number of amides is 1. The molecule has 2 unspecified atom stereocenters. The van der Waals surface area contributed by atoms with Gasteiger partial charge in [-0.2, -0.15) is 5.10 Å². The zero-order valence-electron chi connectivity index (χ0n) is 14.6. The monoisotopic (exact) mass is 406 g/mol. The Bertz CT molecular complexity index is 776. The molecule has 0 spiro atoms. The van der Waals surface area contributed by atoms with Crippen molar-refractivity contribution in [1.29, 1.82) is 0 Å². The van der Waals surface area contributed by atoms with Crippen LogP contribution in [-0.4, -0.2) is 52.4 Å². The van der Waals surface area contributed by atoms with Gasteiger partial charge >= 0.3 is 6.09 Å². The molecule has 2 aromatic rings. The molecular weight excluding hydrogens is 384 g/mol. The average Bonchev–Trinajstić information content (AvgIpc) is 3.08. The lowest BCUT2D eigenvalue weighted by Crippen LogP contribution is -2.56. The van der Waals surface area contributed by atoms with Crippen molar-refractivity contribution in [2.45, 2.75) is 38.8 Å². The molecule has 0 aliphatic carbocycles. The molecule has 2 aliphatic heterocycles. The Morgan fingerprint density at radius 2 is 2.08 bits per heavy atom. The Balaban J connectivity index is 1.54. The van der Waals surface area contributed by atoms with Crippen molar-refractivity contribution in [3.63, 3.8) is 0 Å². The molecule has 2 bridgehead atoms. The summed E-state index contributed by atoms with van der Waals surface area (Å²) >= 11 is 3.53. The minimum absolute atomic E-state index is 0.147. The summed E-state index contributed by atoms with van der Waals surface area (Å²) in [5, 5.41) is 4.37. The van der Waals surface area contributed by atoms with Crippen LogP contribution in [0.3, 0.4) is 0 Å². The Kier molecular flexibility index (Phi) is 4.35. The van der Waals surface area contributed by atoms with Gasteiger partial charge in [0.2, 0.25) is 0 Å². The Labute approximate surface area is 155 Å². The molecule has 2 atom stereocenters. The molecule has 2 saturated heterocycles. The lowest BCUT2D eigenvalue weighted by atomic mass is 10.1. The van der Waals surface area contributed by atoms with E-state index in [-0.39, 0.29) is 18.2 Å². The summed E-state index contributed by atoms with van der Waals surface area (Å²) in [6.45, 7) is 6.29. The van der Waals surface area contributed by atoms with E-state index >= 15 is 0 Å². The number of piperazine rings is 1. The molecule has 0 saturated carbocycles. The number of rotatable bonds is 3. The zero-order valence-corrected chi connectivity index (χ0v) is 16.1. The summed E-state index contributed by atoms with van der Waals surface area (Å²) < 4.78 is 8.40. The van der Waals surface area contributed by atoms with E-state index in [9.17, 15) is 4.79 Å². The van der Waals surface area contributed by atoms with Crippen LogP contribution in [0.2, 0.25) is 0 Å². The standard InChI is InChI=1S/C18H23BrN4O2/c1-12(2)11-25-18(24)23-14-3-4-15(23)10-21(9-14)16-5-6-20-22-8-13(19)7-17(16)22/h5-8,12,14-15H,3-4,9-11H2,1-2H3. The van der Waals surface area contributed by atoms with Gasteiger partial charge in [0, 0.05) is 30.0 Å². The van der Waals surface area contributed by atoms with Crippen molar-refractivity contribution < 1.29 is 9.53 Å². The summed E-state index contributed by atoms with van der Waals surface area (Å²) in [7, 11) is 0. The normalized spacial score (nSPS) is 22.9. The van der Waals surface area contributed by atoms with Gasteiger partial charge in [0.25, 0.3) is 0 Å². The van der Waals surface area contributed by atoms with Crippen molar-refractivity contribution >= 4 is 33.2 Å². The maximum Gasteiger partial charge on any atom is 0.410 e. The number of hydrogen-bond acceptors (Lipinski definition) is 4. The summed E-state index contributed by atoms with van der Waals surface area (Å²) in [4.78, 5) is 16.9. The SMILES string of the molecule is CC(C)COC(=O)N1C2CCC1CN(c1ccnn3cc(Br)cc13)C2. The van der Waals surface area contributed by atoms with Gasteiger partial charge in [-0.15, -0.1) is 0 Å². The molecule has 2 fully saturated rings. The van der Waals surface area contributed by atoms with Crippen molar-refractivity contribution in [2.75, 3.05) is 24.6 Å². The highest BCUT2D eigenvalue weighted by molar-refractivity contribution is 9.10. The third-order valence-corrected chi connectivity index (χ3v) is 5.46. The van der Waals surface area contributed by atoms with Crippen molar-refractivity contribution in [1.82, 2.24) is 14.5 Å². The molecule has 7 heteroatoms. The van der Waals surface area contributed by atoms with Crippen LogP contribution in [0.15, 0.2) is 29.0 Å². The van der Waals surface area contributed by atoms with E-state index in [1.54, 1.807) is 0 Å². The second-order valence-corrected chi connectivity index (χ2v) is 8.29. The van der Waals surface area contributed by atoms with Crippen LogP contribution in [-0.2, 0) is 4.74 Å². The molecule has 6 nitrogen and oxygen atoms in total. The Hall–Kier alpha value is -1.76. The molecule has 2 aliphatic rings. The number of hydrogen-bond donors (Lipinski definition) is 0. The number of carbonyl (C=O) groups excluding carboxylic acids is 1. The van der Waals surface area contributed by atoms with E-state index in [0.29, 0.717) is 12.5 Å². The molecule has 1 amide bonds. The Morgan fingerprint density at radius 3 is 2.76 bits per heavy atom. The summed E-state index contributed by atoms with van der Waals surface area (Å²) in [5.41, 5.74) is 2.26. The molecule has 2 aromatic heterocycles. The first-order valence-electron chi connectivity index (χ1n) is 8.86. The number of aromatic nitrogens is 2. The third-order valence-electron chi connectivity index (χ3n) is 5.03. The first-order valence-corrected chi connectivity index (χ1v) is 9.65. The van der Waals surface area contributed by atoms with Gasteiger partial charge in [0.15, 0.2) is 0 Å². The number of carbonyl (C=O) groups is 1. The molecular formula is C18H23BrN4O2. The van der Waals surface area contributed by atoms with Crippen molar-refractivity contribution in [3.05, 3.63) is 29.0 Å². The predicted molar refractivity (Wildman–Crippen MR) is 99.9 cm³/mol. The number of ether oxygens (including phenoxy) is 1. The van der Waals surface area contributed by atoms with Gasteiger partial charge < -0.3 is 9.64 Å². The molecule has 4 rings (SSSR count). The van der Waals surface area contributed by atoms with Crippen molar-refractivity contribution in [3.8, 4) is 0 Å². The fourth-order valence-electron chi connectivity index (χ4n) is 3.95. The predicted octanol–water partition coefficient (Wildman–Crippen LogP) is 3.54. The van der Waals surface area contributed by atoms with Crippen molar-refractivity contribution in [2.24, 2.45) is 5.92 Å². The maximum absolute atomic E-state index is 12.5. The van der Waals surface area contributed by atoms with E-state index in [0.717, 1.165) is 35.9 Å². The maximum atomic E-state index is 12.5. The van der Waals surface area contributed by atoms with Gasteiger partial charge in [0.1, 0.15) is 0 Å². The summed E-state index contributed by atoms with van der Waals surface area (Å²) in [5.74, 6) is 0.362. The molecule has 0 radical (unpaired) electrons. The van der Waals surface area contributed by atoms with Crippen LogP contribution in [0.4, 0.5) is 10.5 Å². The third kappa shape index (κ3) is 3.10. The van der Waals surface area contributed by atoms with Crippen LogP contribution < -0.4 is 4.90 Å². The molecule has 134 valence electrons. The summed E-state index contributed by atoms with van der Waals surface area (Å²) in [6, 6.07) is 4.61. The second-order valence-electron chi connectivity index (χ2n) is 7.37. The highest BCUT2D eigenvalue weighted by Crippen LogP contribution is 2.35. The van der Waals surface area contributed by atoms with E-state index < -0.39 is 0 Å². The van der Waals surface area contributed by atoms with E-state index in [4.69, 9.17) is 4.74 Å². The van der Waals surface area contributed by atoms with Crippen LogP contribution >= 0.6 is 15.9 Å². The lowest BCUT2D eigenvalue weighted by Gasteiger charge is -2.41. The van der Waals surface area contributed by atoms with Gasteiger partial charge in [-0.3, -0.25) is 4.90 Å².